The smallest absolute Gasteiger partial charge is 0.266 e. The molecule has 0 bridgehead atoms. The molecule has 0 spiro atoms. The first-order chi connectivity index (χ1) is 12.5. The molecule has 0 saturated heterocycles. The molecule has 0 aliphatic heterocycles. The van der Waals surface area contributed by atoms with Crippen molar-refractivity contribution in [3.05, 3.63) is 81.9 Å². The Balaban J connectivity index is 1.98. The van der Waals surface area contributed by atoms with Crippen molar-refractivity contribution in [1.82, 2.24) is 0 Å². The van der Waals surface area contributed by atoms with Crippen LogP contribution in [0.25, 0.3) is 16.8 Å². The molecular formula is C20H14NO5-. The van der Waals surface area contributed by atoms with Gasteiger partial charge in [-0.3, -0.25) is 14.9 Å². The SMILES string of the molecule is COc1cc(/C=C/C(=O)c2cccc3ccccc23)cc([N+](=O)[O-])c1[O-]. The van der Waals surface area contributed by atoms with Crippen molar-refractivity contribution < 1.29 is 19.6 Å². The molecule has 3 aromatic rings. The van der Waals surface area contributed by atoms with Crippen LogP contribution in [0.3, 0.4) is 0 Å². The Morgan fingerprint density at radius 3 is 2.58 bits per heavy atom. The summed E-state index contributed by atoms with van der Waals surface area (Å²) in [6.07, 6.45) is 2.75. The predicted molar refractivity (Wildman–Crippen MR) is 96.4 cm³/mol. The maximum Gasteiger partial charge on any atom is 0.266 e. The van der Waals surface area contributed by atoms with Gasteiger partial charge >= 0.3 is 0 Å². The summed E-state index contributed by atoms with van der Waals surface area (Å²) >= 11 is 0. The normalized spacial score (nSPS) is 11.0. The number of nitro groups is 1. The lowest BCUT2D eigenvalue weighted by atomic mass is 10.0. The number of allylic oxidation sites excluding steroid dienone is 1. The molecule has 3 aromatic carbocycles. The number of ether oxygens (including phenoxy) is 1. The highest BCUT2D eigenvalue weighted by Crippen LogP contribution is 2.35. The van der Waals surface area contributed by atoms with Crippen LogP contribution in [0.4, 0.5) is 5.69 Å². The van der Waals surface area contributed by atoms with Gasteiger partial charge in [-0.15, -0.1) is 0 Å². The lowest BCUT2D eigenvalue weighted by Crippen LogP contribution is -2.01. The van der Waals surface area contributed by atoms with Crippen molar-refractivity contribution in [3.63, 3.8) is 0 Å². The number of hydrogen-bond acceptors (Lipinski definition) is 5. The number of rotatable bonds is 5. The van der Waals surface area contributed by atoms with Gasteiger partial charge < -0.3 is 9.84 Å². The van der Waals surface area contributed by atoms with Crippen molar-refractivity contribution >= 4 is 28.3 Å². The van der Waals surface area contributed by atoms with Gasteiger partial charge in [-0.25, -0.2) is 0 Å². The molecule has 6 heteroatoms. The molecule has 0 aliphatic carbocycles. The molecule has 0 radical (unpaired) electrons. The van der Waals surface area contributed by atoms with Crippen molar-refractivity contribution in [3.8, 4) is 11.5 Å². The van der Waals surface area contributed by atoms with E-state index < -0.39 is 16.4 Å². The fourth-order valence-electron chi connectivity index (χ4n) is 2.69. The van der Waals surface area contributed by atoms with Crippen LogP contribution in [-0.4, -0.2) is 17.8 Å². The Morgan fingerprint density at radius 1 is 1.12 bits per heavy atom. The van der Waals surface area contributed by atoms with Gasteiger partial charge in [0.05, 0.1) is 12.0 Å². The van der Waals surface area contributed by atoms with Crippen LogP contribution < -0.4 is 9.84 Å². The summed E-state index contributed by atoms with van der Waals surface area (Å²) in [5, 5.41) is 24.6. The van der Waals surface area contributed by atoms with Crippen LogP contribution in [0.5, 0.6) is 11.5 Å². The van der Waals surface area contributed by atoms with Crippen molar-refractivity contribution in [2.24, 2.45) is 0 Å². The number of fused-ring (bicyclic) bond motifs is 1. The summed E-state index contributed by atoms with van der Waals surface area (Å²) in [6, 6.07) is 15.4. The van der Waals surface area contributed by atoms with Crippen LogP contribution in [0.1, 0.15) is 15.9 Å². The molecular weight excluding hydrogens is 334 g/mol. The van der Waals surface area contributed by atoms with E-state index >= 15 is 0 Å². The molecule has 0 atom stereocenters. The third-order valence-electron chi connectivity index (χ3n) is 3.96. The van der Waals surface area contributed by atoms with E-state index in [-0.39, 0.29) is 11.5 Å². The van der Waals surface area contributed by atoms with E-state index in [9.17, 15) is 20.0 Å². The molecule has 130 valence electrons. The Labute approximate surface area is 149 Å². The van der Waals surface area contributed by atoms with Crippen LogP contribution in [-0.2, 0) is 0 Å². The highest BCUT2D eigenvalue weighted by Gasteiger charge is 2.13. The number of carbonyl (C=O) groups is 1. The second-order valence-electron chi connectivity index (χ2n) is 5.55. The number of nitrogens with zero attached hydrogens (tertiary/aromatic N) is 1. The molecule has 0 aliphatic rings. The van der Waals surface area contributed by atoms with Gasteiger partial charge in [0.2, 0.25) is 0 Å². The van der Waals surface area contributed by atoms with E-state index in [1.807, 2.05) is 30.3 Å². The Hall–Kier alpha value is -3.67. The fourth-order valence-corrected chi connectivity index (χ4v) is 2.69. The second kappa shape index (κ2) is 7.06. The molecule has 0 amide bonds. The molecule has 0 saturated carbocycles. The number of nitro benzene ring substituents is 1. The molecule has 3 rings (SSSR count). The number of benzene rings is 3. The first-order valence-electron chi connectivity index (χ1n) is 7.75. The van der Waals surface area contributed by atoms with Crippen LogP contribution in [0.2, 0.25) is 0 Å². The molecule has 26 heavy (non-hydrogen) atoms. The highest BCUT2D eigenvalue weighted by molar-refractivity contribution is 6.14. The maximum absolute atomic E-state index is 12.6. The van der Waals surface area contributed by atoms with Crippen LogP contribution in [0, 0.1) is 10.1 Å². The van der Waals surface area contributed by atoms with E-state index in [2.05, 4.69) is 0 Å². The Kier molecular flexibility index (Phi) is 4.66. The first-order valence-corrected chi connectivity index (χ1v) is 7.75. The van der Waals surface area contributed by atoms with E-state index in [1.165, 1.54) is 25.3 Å². The van der Waals surface area contributed by atoms with Crippen LogP contribution in [0.15, 0.2) is 60.7 Å². The number of hydrogen-bond donors (Lipinski definition) is 0. The number of methoxy groups -OCH3 is 1. The van der Waals surface area contributed by atoms with Gasteiger partial charge in [-0.1, -0.05) is 48.5 Å². The molecule has 0 unspecified atom stereocenters. The average molecular weight is 348 g/mol. The Morgan fingerprint density at radius 2 is 1.85 bits per heavy atom. The molecule has 0 aromatic heterocycles. The largest absolute Gasteiger partial charge is 0.865 e. The fraction of sp³-hybridized carbons (Fsp3) is 0.0500. The van der Waals surface area contributed by atoms with Gasteiger partial charge in [-0.2, -0.15) is 0 Å². The number of carbonyl (C=O) groups excluding carboxylic acids is 1. The first kappa shape index (κ1) is 17.2. The van der Waals surface area contributed by atoms with Gasteiger partial charge in [-0.05, 0) is 28.5 Å². The number of ketones is 1. The second-order valence-corrected chi connectivity index (χ2v) is 5.55. The highest BCUT2D eigenvalue weighted by atomic mass is 16.6. The zero-order valence-electron chi connectivity index (χ0n) is 13.8. The quantitative estimate of drug-likeness (QED) is 0.303. The van der Waals surface area contributed by atoms with Crippen LogP contribution >= 0.6 is 0 Å². The third kappa shape index (κ3) is 3.25. The molecule has 0 N–H and O–H groups in total. The zero-order chi connectivity index (χ0) is 18.7. The minimum Gasteiger partial charge on any atom is -0.865 e. The summed E-state index contributed by atoms with van der Waals surface area (Å²) in [4.78, 5) is 22.8. The van der Waals surface area contributed by atoms with E-state index in [1.54, 1.807) is 12.1 Å². The molecule has 6 nitrogen and oxygen atoms in total. The minimum atomic E-state index is -0.796. The Bertz CT molecular complexity index is 1030. The summed E-state index contributed by atoms with van der Waals surface area (Å²) in [7, 11) is 1.26. The minimum absolute atomic E-state index is 0.142. The molecule has 0 heterocycles. The third-order valence-corrected chi connectivity index (χ3v) is 3.96. The summed E-state index contributed by atoms with van der Waals surface area (Å²) in [5.74, 6) is -1.18. The van der Waals surface area contributed by atoms with Gasteiger partial charge in [0, 0.05) is 17.4 Å². The molecule has 0 fully saturated rings. The van der Waals surface area contributed by atoms with Crippen molar-refractivity contribution in [1.29, 1.82) is 0 Å². The summed E-state index contributed by atoms with van der Waals surface area (Å²) in [6.45, 7) is 0. The summed E-state index contributed by atoms with van der Waals surface area (Å²) < 4.78 is 4.89. The lowest BCUT2D eigenvalue weighted by molar-refractivity contribution is -0.398. The lowest BCUT2D eigenvalue weighted by Gasteiger charge is -2.13. The van der Waals surface area contributed by atoms with E-state index in [0.717, 1.165) is 16.8 Å². The van der Waals surface area contributed by atoms with Gasteiger partial charge in [0.15, 0.2) is 5.78 Å². The standard InChI is InChI=1S/C20H15NO5/c1-26-19-12-13(11-17(20(19)23)21(24)25)9-10-18(22)16-8-4-6-14-5-2-3-7-15(14)16/h2-12,23H,1H3/p-1/b10-9+. The van der Waals surface area contributed by atoms with Gasteiger partial charge in [0.25, 0.3) is 5.69 Å². The summed E-state index contributed by atoms with van der Waals surface area (Å²) in [5.41, 5.74) is 0.268. The topological polar surface area (TPSA) is 92.5 Å². The monoisotopic (exact) mass is 348 g/mol. The van der Waals surface area contributed by atoms with E-state index in [0.29, 0.717) is 11.1 Å². The average Bonchev–Trinajstić information content (AvgIpc) is 2.66. The van der Waals surface area contributed by atoms with Crippen molar-refractivity contribution in [2.45, 2.75) is 0 Å². The predicted octanol–water partition coefficient (Wildman–Crippen LogP) is 3.73. The van der Waals surface area contributed by atoms with Gasteiger partial charge in [0.1, 0.15) is 5.75 Å². The van der Waals surface area contributed by atoms with Crippen molar-refractivity contribution in [2.75, 3.05) is 7.11 Å². The van der Waals surface area contributed by atoms with E-state index in [4.69, 9.17) is 4.74 Å². The maximum atomic E-state index is 12.6. The zero-order valence-corrected chi connectivity index (χ0v) is 13.8.